The van der Waals surface area contributed by atoms with Gasteiger partial charge in [0.05, 0.1) is 6.10 Å². The highest BCUT2D eigenvalue weighted by Gasteiger charge is 3.00. The maximum atomic E-state index is 12.1. The first-order chi connectivity index (χ1) is 12.7. The van der Waals surface area contributed by atoms with Crippen LogP contribution in [0.5, 0.6) is 0 Å². The maximum Gasteiger partial charge on any atom is 0.334 e. The Morgan fingerprint density at radius 3 is 2.74 bits per heavy atom. The van der Waals surface area contributed by atoms with E-state index >= 15 is 0 Å². The minimum atomic E-state index is -1.15. The first kappa shape index (κ1) is 15.7. The lowest BCUT2D eigenvalue weighted by molar-refractivity contribution is -0.136. The van der Waals surface area contributed by atoms with E-state index in [1.807, 2.05) is 0 Å². The van der Waals surface area contributed by atoms with E-state index in [-0.39, 0.29) is 36.5 Å². The zero-order valence-electron chi connectivity index (χ0n) is 15.8. The summed E-state index contributed by atoms with van der Waals surface area (Å²) in [5.41, 5.74) is -0.882. The van der Waals surface area contributed by atoms with E-state index in [4.69, 9.17) is 18.9 Å². The van der Waals surface area contributed by atoms with Gasteiger partial charge >= 0.3 is 5.97 Å². The third kappa shape index (κ3) is 1.17. The SMILES string of the molecule is C=C1[C@@]2(C(C)C)O[C@H]2[C@@H]2O[C@@]23[C@@]2(C)CCC4=C(COC4=O)[C@]2(O)C[C@@H]2O[C@@]123. The van der Waals surface area contributed by atoms with Gasteiger partial charge in [0.2, 0.25) is 0 Å². The van der Waals surface area contributed by atoms with Crippen LogP contribution >= 0.6 is 0 Å². The maximum absolute atomic E-state index is 12.1. The molecule has 0 amide bonds. The number of hydrogen-bond donors (Lipinski definition) is 1. The van der Waals surface area contributed by atoms with E-state index in [1.54, 1.807) is 0 Å². The van der Waals surface area contributed by atoms with E-state index in [0.717, 1.165) is 11.1 Å². The fourth-order valence-corrected chi connectivity index (χ4v) is 7.68. The molecule has 4 heterocycles. The van der Waals surface area contributed by atoms with Crippen LogP contribution in [0.4, 0.5) is 0 Å². The molecular weight excluding hydrogens is 348 g/mol. The number of fused-ring (bicyclic) bond motifs is 4. The Morgan fingerprint density at radius 1 is 1.22 bits per heavy atom. The molecule has 0 bridgehead atoms. The Morgan fingerprint density at radius 2 is 2.00 bits per heavy atom. The van der Waals surface area contributed by atoms with Crippen molar-refractivity contribution in [3.8, 4) is 0 Å². The van der Waals surface area contributed by atoms with Gasteiger partial charge in [-0.15, -0.1) is 0 Å². The van der Waals surface area contributed by atoms with Gasteiger partial charge in [0, 0.05) is 23.0 Å². The van der Waals surface area contributed by atoms with Crippen LogP contribution in [0.25, 0.3) is 0 Å². The summed E-state index contributed by atoms with van der Waals surface area (Å²) in [6.45, 7) is 11.1. The Balaban J connectivity index is 1.43. The second kappa shape index (κ2) is 3.80. The van der Waals surface area contributed by atoms with Crippen molar-refractivity contribution in [2.45, 2.75) is 80.7 Å². The van der Waals surface area contributed by atoms with Crippen LogP contribution in [0.15, 0.2) is 23.3 Å². The number of rotatable bonds is 1. The second-order valence-electron chi connectivity index (χ2n) is 10.0. The number of carbonyl (C=O) groups is 1. The zero-order valence-corrected chi connectivity index (χ0v) is 15.8. The molecule has 3 aliphatic carbocycles. The molecule has 27 heavy (non-hydrogen) atoms. The number of esters is 1. The summed E-state index contributed by atoms with van der Waals surface area (Å²) in [6, 6.07) is 0. The van der Waals surface area contributed by atoms with Crippen LogP contribution in [0.3, 0.4) is 0 Å². The van der Waals surface area contributed by atoms with Crippen molar-refractivity contribution in [3.05, 3.63) is 23.3 Å². The summed E-state index contributed by atoms with van der Waals surface area (Å²) >= 11 is 0. The molecule has 2 spiro atoms. The van der Waals surface area contributed by atoms with Crippen LogP contribution in [-0.4, -0.2) is 58.4 Å². The minimum Gasteiger partial charge on any atom is -0.458 e. The number of carbonyl (C=O) groups excluding carboxylic acids is 1. The van der Waals surface area contributed by atoms with Crippen molar-refractivity contribution >= 4 is 5.97 Å². The number of aliphatic hydroxyl groups is 1. The van der Waals surface area contributed by atoms with Gasteiger partial charge in [0.15, 0.2) is 5.60 Å². The van der Waals surface area contributed by atoms with Crippen molar-refractivity contribution in [1.82, 2.24) is 0 Å². The van der Waals surface area contributed by atoms with Crippen LogP contribution in [0.2, 0.25) is 0 Å². The van der Waals surface area contributed by atoms with E-state index in [9.17, 15) is 9.90 Å². The number of epoxide rings is 3. The van der Waals surface area contributed by atoms with E-state index in [0.29, 0.717) is 30.8 Å². The molecular formula is C21H24O6. The standard InChI is InChI=1S/C21H24O6/c1-9(2)19-10(3)20-13(25-20)7-18(23)12-8-24-16(22)11(12)5-6-17(18,4)21(20)15(27-21)14(19)26-19/h9,13-15,23H,3,5-8H2,1-2,4H3/t13-,14-,15-,17-,18+,19+,20-,21+/m0/s1. The molecule has 7 rings (SSSR count). The van der Waals surface area contributed by atoms with Crippen LogP contribution in [0.1, 0.15) is 40.0 Å². The first-order valence-electron chi connectivity index (χ1n) is 10.1. The Kier molecular flexibility index (Phi) is 2.21. The van der Waals surface area contributed by atoms with Gasteiger partial charge in [0.1, 0.15) is 35.6 Å². The number of hydrogen-bond acceptors (Lipinski definition) is 6. The fourth-order valence-electron chi connectivity index (χ4n) is 7.68. The van der Waals surface area contributed by atoms with E-state index in [1.165, 1.54) is 0 Å². The second-order valence-corrected chi connectivity index (χ2v) is 10.0. The smallest absolute Gasteiger partial charge is 0.334 e. The molecule has 4 aliphatic heterocycles. The third-order valence-electron chi connectivity index (χ3n) is 9.22. The third-order valence-corrected chi connectivity index (χ3v) is 9.22. The molecule has 0 unspecified atom stereocenters. The van der Waals surface area contributed by atoms with Crippen LogP contribution < -0.4 is 0 Å². The van der Waals surface area contributed by atoms with Crippen molar-refractivity contribution in [3.63, 3.8) is 0 Å². The van der Waals surface area contributed by atoms with Crippen LogP contribution in [-0.2, 0) is 23.7 Å². The highest BCUT2D eigenvalue weighted by atomic mass is 16.7. The highest BCUT2D eigenvalue weighted by molar-refractivity contribution is 5.93. The Bertz CT molecular complexity index is 906. The number of cyclic esters (lactones) is 1. The van der Waals surface area contributed by atoms with Gasteiger partial charge < -0.3 is 24.1 Å². The van der Waals surface area contributed by atoms with Crippen LogP contribution in [0, 0.1) is 11.3 Å². The van der Waals surface area contributed by atoms with E-state index < -0.39 is 22.2 Å². The molecule has 3 saturated heterocycles. The first-order valence-corrected chi connectivity index (χ1v) is 10.1. The summed E-state index contributed by atoms with van der Waals surface area (Å²) in [5, 5.41) is 12.0. The summed E-state index contributed by atoms with van der Waals surface area (Å²) in [4.78, 5) is 12.1. The minimum absolute atomic E-state index is 0.0171. The molecule has 144 valence electrons. The zero-order chi connectivity index (χ0) is 18.8. The predicted octanol–water partition coefficient (Wildman–Crippen LogP) is 1.41. The molecule has 2 saturated carbocycles. The van der Waals surface area contributed by atoms with Gasteiger partial charge in [-0.2, -0.15) is 0 Å². The largest absolute Gasteiger partial charge is 0.458 e. The highest BCUT2D eigenvalue weighted by Crippen LogP contribution is 2.84. The van der Waals surface area contributed by atoms with Gasteiger partial charge in [-0.3, -0.25) is 0 Å². The average Bonchev–Trinajstić information content (AvgIpc) is 3.49. The topological polar surface area (TPSA) is 84.1 Å². The molecule has 6 nitrogen and oxygen atoms in total. The molecule has 0 aromatic rings. The number of ether oxygens (including phenoxy) is 4. The van der Waals surface area contributed by atoms with Crippen molar-refractivity contribution in [1.29, 1.82) is 0 Å². The van der Waals surface area contributed by atoms with Gasteiger partial charge in [-0.05, 0) is 24.3 Å². The Hall–Kier alpha value is -1.21. The molecule has 0 aromatic carbocycles. The summed E-state index contributed by atoms with van der Waals surface area (Å²) in [5.74, 6) is 0.0174. The van der Waals surface area contributed by atoms with Gasteiger partial charge in [-0.25, -0.2) is 4.79 Å². The summed E-state index contributed by atoms with van der Waals surface area (Å²) < 4.78 is 24.4. The van der Waals surface area contributed by atoms with Crippen molar-refractivity contribution < 1.29 is 28.8 Å². The predicted molar refractivity (Wildman–Crippen MR) is 91.7 cm³/mol. The quantitative estimate of drug-likeness (QED) is 0.426. The Labute approximate surface area is 157 Å². The molecule has 5 fully saturated rings. The van der Waals surface area contributed by atoms with Crippen molar-refractivity contribution in [2.24, 2.45) is 11.3 Å². The lowest BCUT2D eigenvalue weighted by Crippen LogP contribution is -2.70. The molecule has 1 N–H and O–H groups in total. The monoisotopic (exact) mass is 372 g/mol. The lowest BCUT2D eigenvalue weighted by atomic mass is 9.44. The molecule has 7 aliphatic rings. The van der Waals surface area contributed by atoms with Gasteiger partial charge in [0.25, 0.3) is 0 Å². The molecule has 8 atom stereocenters. The molecule has 0 radical (unpaired) electrons. The summed E-state index contributed by atoms with van der Waals surface area (Å²) in [7, 11) is 0. The average molecular weight is 372 g/mol. The lowest BCUT2D eigenvalue weighted by Gasteiger charge is -2.57. The molecule has 0 aromatic heterocycles. The normalized spacial score (nSPS) is 61.3. The van der Waals surface area contributed by atoms with E-state index in [2.05, 4.69) is 27.4 Å². The van der Waals surface area contributed by atoms with Crippen molar-refractivity contribution in [2.75, 3.05) is 6.61 Å². The fraction of sp³-hybridized carbons (Fsp3) is 0.762. The summed E-state index contributed by atoms with van der Waals surface area (Å²) in [6.07, 6.45) is 1.47. The van der Waals surface area contributed by atoms with Gasteiger partial charge in [-0.1, -0.05) is 27.4 Å². The molecule has 6 heteroatoms.